The molecule has 1 unspecified atom stereocenters. The number of fused-ring (bicyclic) bond motifs is 1. The topological polar surface area (TPSA) is 146 Å². The molecule has 1 saturated carbocycles. The van der Waals surface area contributed by atoms with Crippen LogP contribution in [-0.4, -0.2) is 58.7 Å². The highest BCUT2D eigenvalue weighted by molar-refractivity contribution is 6.00. The Bertz CT molecular complexity index is 1480. The van der Waals surface area contributed by atoms with Crippen LogP contribution in [0, 0.1) is 11.3 Å². The van der Waals surface area contributed by atoms with Crippen LogP contribution in [0.5, 0.6) is 0 Å². The van der Waals surface area contributed by atoms with Crippen molar-refractivity contribution in [2.75, 3.05) is 11.9 Å². The number of nitrogens with zero attached hydrogens (tertiary/aromatic N) is 7. The van der Waals surface area contributed by atoms with Crippen molar-refractivity contribution >= 4 is 22.9 Å². The third-order valence-electron chi connectivity index (χ3n) is 5.92. The van der Waals surface area contributed by atoms with E-state index < -0.39 is 17.7 Å². The minimum absolute atomic E-state index is 0.192. The average Bonchev–Trinajstić information content (AvgIpc) is 3.46. The van der Waals surface area contributed by atoms with E-state index in [0.717, 1.165) is 12.8 Å². The smallest absolute Gasteiger partial charge is 0.255 e. The molecule has 12 heteroatoms. The lowest BCUT2D eigenvalue weighted by Crippen LogP contribution is -2.42. The summed E-state index contributed by atoms with van der Waals surface area (Å²) in [7, 11) is 0. The van der Waals surface area contributed by atoms with E-state index in [0.29, 0.717) is 39.9 Å². The normalized spacial score (nSPS) is 14.4. The van der Waals surface area contributed by atoms with E-state index in [1.807, 2.05) is 16.9 Å². The first kappa shape index (κ1) is 23.4. The SMILES string of the molecule is CC(C)(O)C(F)CNC(=O)c1cnc(-c2cnn3cc(C#N)cnc23)cc1Nc1cnn(C2CC2)c1. The molecule has 0 bridgehead atoms. The fraction of sp³-hybridized carbons (Fsp3) is 0.333. The van der Waals surface area contributed by atoms with Crippen LogP contribution in [0.4, 0.5) is 15.8 Å². The van der Waals surface area contributed by atoms with Crippen molar-refractivity contribution < 1.29 is 14.3 Å². The summed E-state index contributed by atoms with van der Waals surface area (Å²) in [6, 6.07) is 4.10. The van der Waals surface area contributed by atoms with Crippen LogP contribution in [0.1, 0.15) is 48.7 Å². The number of nitrogens with one attached hydrogen (secondary N) is 2. The highest BCUT2D eigenvalue weighted by Gasteiger charge is 2.28. The number of pyridine rings is 1. The van der Waals surface area contributed by atoms with Crippen molar-refractivity contribution in [3.63, 3.8) is 0 Å². The second-order valence-corrected chi connectivity index (χ2v) is 9.29. The number of aliphatic hydroxyl groups is 1. The molecule has 1 aliphatic rings. The lowest BCUT2D eigenvalue weighted by molar-refractivity contribution is -0.00177. The number of hydrogen-bond acceptors (Lipinski definition) is 8. The Morgan fingerprint density at radius 2 is 2.06 bits per heavy atom. The van der Waals surface area contributed by atoms with Crippen molar-refractivity contribution in [1.29, 1.82) is 5.26 Å². The number of aromatic nitrogens is 6. The van der Waals surface area contributed by atoms with Gasteiger partial charge in [0.2, 0.25) is 0 Å². The van der Waals surface area contributed by atoms with E-state index >= 15 is 0 Å². The first-order valence-electron chi connectivity index (χ1n) is 11.4. The third kappa shape index (κ3) is 4.73. The van der Waals surface area contributed by atoms with Gasteiger partial charge in [-0.1, -0.05) is 0 Å². The van der Waals surface area contributed by atoms with Crippen molar-refractivity contribution in [2.24, 2.45) is 0 Å². The number of amides is 1. The summed E-state index contributed by atoms with van der Waals surface area (Å²) in [6.45, 7) is 2.32. The Balaban J connectivity index is 1.48. The zero-order chi connectivity index (χ0) is 25.4. The Morgan fingerprint density at radius 3 is 2.78 bits per heavy atom. The molecule has 11 nitrogen and oxygen atoms in total. The molecule has 0 aromatic carbocycles. The van der Waals surface area contributed by atoms with Gasteiger partial charge in [0.1, 0.15) is 12.2 Å². The molecule has 4 aromatic heterocycles. The van der Waals surface area contributed by atoms with Crippen molar-refractivity contribution in [3.8, 4) is 17.3 Å². The van der Waals surface area contributed by atoms with Crippen LogP contribution < -0.4 is 10.6 Å². The highest BCUT2D eigenvalue weighted by Crippen LogP contribution is 2.35. The molecule has 1 atom stereocenters. The zero-order valence-electron chi connectivity index (χ0n) is 19.7. The summed E-state index contributed by atoms with van der Waals surface area (Å²) < 4.78 is 17.6. The third-order valence-corrected chi connectivity index (χ3v) is 5.92. The number of hydrogen-bond donors (Lipinski definition) is 3. The van der Waals surface area contributed by atoms with Crippen molar-refractivity contribution in [1.82, 2.24) is 34.7 Å². The molecule has 1 amide bonds. The number of rotatable bonds is 8. The van der Waals surface area contributed by atoms with Gasteiger partial charge in [-0.3, -0.25) is 14.5 Å². The van der Waals surface area contributed by atoms with Crippen LogP contribution in [0.15, 0.2) is 43.2 Å². The van der Waals surface area contributed by atoms with Crippen molar-refractivity contribution in [3.05, 3.63) is 54.4 Å². The second kappa shape index (κ2) is 9.01. The van der Waals surface area contributed by atoms with Crippen LogP contribution in [0.3, 0.4) is 0 Å². The van der Waals surface area contributed by atoms with Gasteiger partial charge in [-0.05, 0) is 32.8 Å². The molecule has 184 valence electrons. The number of carbonyl (C=O) groups is 1. The minimum Gasteiger partial charge on any atom is -0.387 e. The number of anilines is 2. The lowest BCUT2D eigenvalue weighted by atomic mass is 10.0. The fourth-order valence-electron chi connectivity index (χ4n) is 3.62. The van der Waals surface area contributed by atoms with E-state index in [-0.39, 0.29) is 12.1 Å². The molecular weight excluding hydrogens is 465 g/mol. The highest BCUT2D eigenvalue weighted by atomic mass is 19.1. The summed E-state index contributed by atoms with van der Waals surface area (Å²) in [4.78, 5) is 21.7. The Kier molecular flexibility index (Phi) is 5.85. The van der Waals surface area contributed by atoms with Gasteiger partial charge in [0, 0.05) is 18.6 Å². The van der Waals surface area contributed by atoms with Gasteiger partial charge >= 0.3 is 0 Å². The number of carbonyl (C=O) groups excluding carboxylic acids is 1. The zero-order valence-corrected chi connectivity index (χ0v) is 19.7. The van der Waals surface area contributed by atoms with Gasteiger partial charge < -0.3 is 15.7 Å². The number of nitriles is 1. The minimum atomic E-state index is -1.65. The Labute approximate surface area is 205 Å². The van der Waals surface area contributed by atoms with E-state index in [1.165, 1.54) is 30.8 Å². The maximum absolute atomic E-state index is 14.2. The maximum atomic E-state index is 14.2. The molecule has 1 fully saturated rings. The predicted molar refractivity (Wildman–Crippen MR) is 128 cm³/mol. The summed E-state index contributed by atoms with van der Waals surface area (Å²) >= 11 is 0. The molecule has 0 spiro atoms. The molecule has 36 heavy (non-hydrogen) atoms. The van der Waals surface area contributed by atoms with Gasteiger partial charge in [0.25, 0.3) is 5.91 Å². The molecule has 4 aromatic rings. The first-order valence-corrected chi connectivity index (χ1v) is 11.4. The standard InChI is InChI=1S/C24H24FN9O2/c1-24(2,36)21(25)11-29-23(35)18-9-27-19(17-10-31-34-12-14(6-26)7-28-22(17)34)5-20(18)32-15-8-30-33(13-15)16-3-4-16/h5,7-10,12-13,16,21,36H,3-4,11H2,1-2H3,(H,27,32)(H,29,35). The largest absolute Gasteiger partial charge is 0.387 e. The summed E-state index contributed by atoms with van der Waals surface area (Å²) in [5, 5.41) is 33.3. The second-order valence-electron chi connectivity index (χ2n) is 9.29. The van der Waals surface area contributed by atoms with E-state index in [4.69, 9.17) is 5.26 Å². The summed E-state index contributed by atoms with van der Waals surface area (Å²) in [5.41, 5.74) is 1.68. The van der Waals surface area contributed by atoms with Gasteiger partial charge in [-0.2, -0.15) is 15.5 Å². The lowest BCUT2D eigenvalue weighted by Gasteiger charge is -2.22. The molecular formula is C24H24FN9O2. The average molecular weight is 490 g/mol. The van der Waals surface area contributed by atoms with Crippen LogP contribution in [0.25, 0.3) is 16.9 Å². The van der Waals surface area contributed by atoms with Gasteiger partial charge in [0.05, 0.1) is 70.5 Å². The van der Waals surface area contributed by atoms with E-state index in [9.17, 15) is 14.3 Å². The Morgan fingerprint density at radius 1 is 1.25 bits per heavy atom. The quantitative estimate of drug-likeness (QED) is 0.342. The molecule has 0 saturated heterocycles. The monoisotopic (exact) mass is 489 g/mol. The van der Waals surface area contributed by atoms with Crippen LogP contribution in [0.2, 0.25) is 0 Å². The van der Waals surface area contributed by atoms with Gasteiger partial charge in [0.15, 0.2) is 5.65 Å². The molecule has 5 rings (SSSR count). The predicted octanol–water partition coefficient (Wildman–Crippen LogP) is 2.78. The van der Waals surface area contributed by atoms with E-state index in [2.05, 4.69) is 30.8 Å². The van der Waals surface area contributed by atoms with Gasteiger partial charge in [-0.25, -0.2) is 13.9 Å². The molecule has 1 aliphatic carbocycles. The molecule has 3 N–H and O–H groups in total. The summed E-state index contributed by atoms with van der Waals surface area (Å²) in [6.07, 6.45) is 10.0. The summed E-state index contributed by atoms with van der Waals surface area (Å²) in [5.74, 6) is -0.547. The number of halogens is 1. The first-order chi connectivity index (χ1) is 17.2. The van der Waals surface area contributed by atoms with Crippen molar-refractivity contribution in [2.45, 2.75) is 44.5 Å². The molecule has 4 heterocycles. The number of alkyl halides is 1. The molecule has 0 aliphatic heterocycles. The fourth-order valence-corrected chi connectivity index (χ4v) is 3.62. The Hall–Kier alpha value is -4.37. The maximum Gasteiger partial charge on any atom is 0.255 e. The molecule has 0 radical (unpaired) electrons. The van der Waals surface area contributed by atoms with Crippen LogP contribution in [-0.2, 0) is 0 Å². The van der Waals surface area contributed by atoms with E-state index in [1.54, 1.807) is 24.7 Å². The van der Waals surface area contributed by atoms with Crippen LogP contribution >= 0.6 is 0 Å². The van der Waals surface area contributed by atoms with Gasteiger partial charge in [-0.15, -0.1) is 0 Å².